The highest BCUT2D eigenvalue weighted by molar-refractivity contribution is 5.37. The molecule has 1 N–H and O–H groups in total. The Balaban J connectivity index is 1.70. The van der Waals surface area contributed by atoms with Crippen molar-refractivity contribution >= 4 is 5.82 Å². The lowest BCUT2D eigenvalue weighted by Crippen LogP contribution is -2.37. The second-order valence-corrected chi connectivity index (χ2v) is 6.69. The number of hydrogen-bond donors (Lipinski definition) is 1. The molecule has 2 bridgehead atoms. The van der Waals surface area contributed by atoms with Crippen molar-refractivity contribution in [2.75, 3.05) is 25.0 Å². The molecule has 2 saturated heterocycles. The second-order valence-electron chi connectivity index (χ2n) is 6.69. The smallest absolute Gasteiger partial charge is 0.147 e. The fourth-order valence-electron chi connectivity index (χ4n) is 3.46. The number of aromatic nitrogens is 2. The second kappa shape index (κ2) is 6.28. The summed E-state index contributed by atoms with van der Waals surface area (Å²) in [5.41, 5.74) is 1.03. The highest BCUT2D eigenvalue weighted by Gasteiger charge is 2.34. The molecule has 21 heavy (non-hydrogen) atoms. The van der Waals surface area contributed by atoms with Gasteiger partial charge in [0.25, 0.3) is 0 Å². The van der Waals surface area contributed by atoms with Crippen LogP contribution in [0.15, 0.2) is 12.4 Å². The quantitative estimate of drug-likeness (QED) is 0.913. The molecule has 0 aromatic carbocycles. The molecular formula is C16H27N5. The van der Waals surface area contributed by atoms with Crippen LogP contribution in [0.4, 0.5) is 5.82 Å². The van der Waals surface area contributed by atoms with Crippen molar-refractivity contribution < 1.29 is 0 Å². The van der Waals surface area contributed by atoms with Gasteiger partial charge in [0.2, 0.25) is 0 Å². The van der Waals surface area contributed by atoms with Crippen LogP contribution in [-0.4, -0.2) is 53.1 Å². The number of fused-ring (bicyclic) bond motifs is 2. The van der Waals surface area contributed by atoms with E-state index in [2.05, 4.69) is 41.0 Å². The molecule has 3 heterocycles. The first-order chi connectivity index (χ1) is 10.1. The Bertz CT molecular complexity index is 475. The van der Waals surface area contributed by atoms with Gasteiger partial charge < -0.3 is 10.2 Å². The molecule has 2 aliphatic heterocycles. The Morgan fingerprint density at radius 3 is 2.86 bits per heavy atom. The van der Waals surface area contributed by atoms with E-state index in [0.29, 0.717) is 12.1 Å². The van der Waals surface area contributed by atoms with Crippen LogP contribution in [0.25, 0.3) is 0 Å². The van der Waals surface area contributed by atoms with E-state index >= 15 is 0 Å². The Labute approximate surface area is 127 Å². The van der Waals surface area contributed by atoms with Gasteiger partial charge in [-0.3, -0.25) is 9.88 Å². The number of rotatable bonds is 4. The lowest BCUT2D eigenvalue weighted by Gasteiger charge is -2.26. The molecule has 0 spiro atoms. The minimum Gasteiger partial charge on any atom is -0.354 e. The molecule has 1 aromatic heterocycles. The molecule has 0 amide bonds. The third kappa shape index (κ3) is 3.35. The Kier molecular flexibility index (Phi) is 4.40. The van der Waals surface area contributed by atoms with E-state index in [9.17, 15) is 0 Å². The summed E-state index contributed by atoms with van der Waals surface area (Å²) in [6.45, 7) is 7.28. The molecule has 3 rings (SSSR count). The zero-order valence-electron chi connectivity index (χ0n) is 13.4. The van der Waals surface area contributed by atoms with E-state index in [1.54, 1.807) is 0 Å². The predicted octanol–water partition coefficient (Wildman–Crippen LogP) is 1.65. The van der Waals surface area contributed by atoms with E-state index in [1.165, 1.54) is 19.3 Å². The van der Waals surface area contributed by atoms with Gasteiger partial charge in [0.15, 0.2) is 0 Å². The molecule has 2 atom stereocenters. The third-order valence-corrected chi connectivity index (χ3v) is 4.84. The first-order valence-electron chi connectivity index (χ1n) is 8.14. The average Bonchev–Trinajstić information content (AvgIpc) is 2.70. The van der Waals surface area contributed by atoms with Crippen LogP contribution in [0.2, 0.25) is 0 Å². The van der Waals surface area contributed by atoms with E-state index in [1.807, 2.05) is 12.4 Å². The molecule has 0 radical (unpaired) electrons. The largest absolute Gasteiger partial charge is 0.354 e. The predicted molar refractivity (Wildman–Crippen MR) is 85.4 cm³/mol. The van der Waals surface area contributed by atoms with Gasteiger partial charge >= 0.3 is 0 Å². The van der Waals surface area contributed by atoms with Crippen molar-refractivity contribution in [2.45, 2.75) is 57.8 Å². The molecule has 116 valence electrons. The summed E-state index contributed by atoms with van der Waals surface area (Å²) in [6.07, 6.45) is 7.70. The van der Waals surface area contributed by atoms with Gasteiger partial charge in [-0.1, -0.05) is 13.8 Å². The molecule has 5 heteroatoms. The van der Waals surface area contributed by atoms with Crippen LogP contribution >= 0.6 is 0 Å². The van der Waals surface area contributed by atoms with Crippen molar-refractivity contribution in [3.63, 3.8) is 0 Å². The van der Waals surface area contributed by atoms with Crippen molar-refractivity contribution in [2.24, 2.45) is 0 Å². The van der Waals surface area contributed by atoms with Crippen molar-refractivity contribution in [1.82, 2.24) is 20.2 Å². The SMILES string of the molecule is CC(C)NCc1cncc(N2CCC3CCC(C2)N3C)n1. The van der Waals surface area contributed by atoms with Gasteiger partial charge in [-0.25, -0.2) is 4.98 Å². The lowest BCUT2D eigenvalue weighted by atomic mass is 10.1. The van der Waals surface area contributed by atoms with Crippen LogP contribution in [0.3, 0.4) is 0 Å². The van der Waals surface area contributed by atoms with E-state index in [4.69, 9.17) is 4.98 Å². The number of anilines is 1. The monoisotopic (exact) mass is 289 g/mol. The fourth-order valence-corrected chi connectivity index (χ4v) is 3.46. The van der Waals surface area contributed by atoms with Gasteiger partial charge in [0.05, 0.1) is 11.9 Å². The number of nitrogens with zero attached hydrogens (tertiary/aromatic N) is 4. The molecule has 0 aliphatic carbocycles. The minimum absolute atomic E-state index is 0.470. The van der Waals surface area contributed by atoms with Gasteiger partial charge in [-0.2, -0.15) is 0 Å². The first kappa shape index (κ1) is 14.7. The fraction of sp³-hybridized carbons (Fsp3) is 0.750. The molecule has 1 aromatic rings. The summed E-state index contributed by atoms with van der Waals surface area (Å²) in [7, 11) is 2.28. The Hall–Kier alpha value is -1.20. The van der Waals surface area contributed by atoms with Crippen molar-refractivity contribution in [1.29, 1.82) is 0 Å². The molecule has 2 aliphatic rings. The van der Waals surface area contributed by atoms with Crippen LogP contribution in [0.1, 0.15) is 38.8 Å². The van der Waals surface area contributed by atoms with Crippen molar-refractivity contribution in [3.05, 3.63) is 18.1 Å². The normalized spacial score (nSPS) is 26.4. The molecule has 5 nitrogen and oxygen atoms in total. The number of hydrogen-bond acceptors (Lipinski definition) is 5. The van der Waals surface area contributed by atoms with Crippen LogP contribution in [0.5, 0.6) is 0 Å². The summed E-state index contributed by atoms with van der Waals surface area (Å²) in [4.78, 5) is 14.2. The van der Waals surface area contributed by atoms with Gasteiger partial charge in [-0.15, -0.1) is 0 Å². The molecule has 2 fully saturated rings. The molecule has 0 saturated carbocycles. The van der Waals surface area contributed by atoms with Gasteiger partial charge in [0, 0.05) is 44.0 Å². The Morgan fingerprint density at radius 1 is 1.24 bits per heavy atom. The zero-order valence-corrected chi connectivity index (χ0v) is 13.4. The van der Waals surface area contributed by atoms with E-state index < -0.39 is 0 Å². The number of nitrogens with one attached hydrogen (secondary N) is 1. The maximum atomic E-state index is 4.80. The van der Waals surface area contributed by atoms with Gasteiger partial charge in [0.1, 0.15) is 5.82 Å². The summed E-state index contributed by atoms with van der Waals surface area (Å²) < 4.78 is 0. The average molecular weight is 289 g/mol. The van der Waals surface area contributed by atoms with Crippen LogP contribution in [0, 0.1) is 0 Å². The minimum atomic E-state index is 0.470. The van der Waals surface area contributed by atoms with E-state index in [-0.39, 0.29) is 0 Å². The van der Waals surface area contributed by atoms with Crippen LogP contribution in [-0.2, 0) is 6.54 Å². The Morgan fingerprint density at radius 2 is 2.05 bits per heavy atom. The third-order valence-electron chi connectivity index (χ3n) is 4.84. The van der Waals surface area contributed by atoms with Crippen LogP contribution < -0.4 is 10.2 Å². The van der Waals surface area contributed by atoms with Gasteiger partial charge in [-0.05, 0) is 26.3 Å². The maximum Gasteiger partial charge on any atom is 0.147 e. The summed E-state index contributed by atoms with van der Waals surface area (Å²) >= 11 is 0. The highest BCUT2D eigenvalue weighted by atomic mass is 15.3. The van der Waals surface area contributed by atoms with Crippen molar-refractivity contribution in [3.8, 4) is 0 Å². The lowest BCUT2D eigenvalue weighted by molar-refractivity contribution is 0.254. The molecular weight excluding hydrogens is 262 g/mol. The summed E-state index contributed by atoms with van der Waals surface area (Å²) in [5.74, 6) is 1.04. The molecule has 2 unspecified atom stereocenters. The first-order valence-corrected chi connectivity index (χ1v) is 8.14. The number of likely N-dealkylation sites (N-methyl/N-ethyl adjacent to an activating group) is 1. The summed E-state index contributed by atoms with van der Waals surface area (Å²) in [5, 5.41) is 3.41. The summed E-state index contributed by atoms with van der Waals surface area (Å²) in [6, 6.07) is 1.91. The standard InChI is InChI=1S/C16H27N5/c1-12(2)18-9-13-8-17-10-16(19-13)21-7-6-14-4-5-15(11-21)20(14)3/h8,10,12,14-15,18H,4-7,9,11H2,1-3H3. The topological polar surface area (TPSA) is 44.3 Å². The highest BCUT2D eigenvalue weighted by Crippen LogP contribution is 2.29. The zero-order chi connectivity index (χ0) is 14.8. The van der Waals surface area contributed by atoms with E-state index in [0.717, 1.165) is 37.2 Å². The maximum absolute atomic E-state index is 4.80.